The van der Waals surface area contributed by atoms with Crippen LogP contribution in [-0.2, 0) is 12.2 Å². The van der Waals surface area contributed by atoms with E-state index < -0.39 is 5.79 Å². The molecule has 4 aromatic rings. The average Bonchev–Trinajstić information content (AvgIpc) is 2.98. The molecule has 2 bridgehead atoms. The summed E-state index contributed by atoms with van der Waals surface area (Å²) < 4.78 is 32.1. The van der Waals surface area contributed by atoms with Crippen molar-refractivity contribution in [2.75, 3.05) is 14.2 Å². The molecule has 1 N–H and O–H groups in total. The first-order valence-corrected chi connectivity index (χ1v) is 13.3. The minimum absolute atomic E-state index is 0.0847. The van der Waals surface area contributed by atoms with Crippen molar-refractivity contribution in [3.63, 3.8) is 0 Å². The summed E-state index contributed by atoms with van der Waals surface area (Å²) in [5.74, 6) is 2.23. The maximum atomic E-state index is 10.8. The summed E-state index contributed by atoms with van der Waals surface area (Å²) in [6.07, 6.45) is 2.10. The monoisotopic (exact) mass is 522 g/mol. The quantitative estimate of drug-likeness (QED) is 0.313. The second kappa shape index (κ2) is 8.87. The van der Waals surface area contributed by atoms with Gasteiger partial charge in [-0.2, -0.15) is 0 Å². The van der Waals surface area contributed by atoms with E-state index in [-0.39, 0.29) is 17.8 Å². The van der Waals surface area contributed by atoms with Gasteiger partial charge in [0.2, 0.25) is 0 Å². The lowest BCUT2D eigenvalue weighted by Gasteiger charge is -2.48. The fraction of sp³-hybridized carbons (Fsp3) is 0.273. The molecule has 0 saturated carbocycles. The van der Waals surface area contributed by atoms with Gasteiger partial charge in [-0.25, -0.2) is 0 Å². The van der Waals surface area contributed by atoms with Gasteiger partial charge in [-0.15, -0.1) is 0 Å². The van der Waals surface area contributed by atoms with E-state index >= 15 is 0 Å². The number of ether oxygens (including phenoxy) is 5. The molecule has 3 heterocycles. The SMILES string of the molecule is COc1cc2c(c3c1CC[C@@H](c1ccccc1)O3)[C@@H]1C[C@](c3ccccc3)(Oc3cc(O)c(C)c(OC)c31)O2. The maximum absolute atomic E-state index is 10.8. The number of fused-ring (bicyclic) bond motifs is 8. The highest BCUT2D eigenvalue weighted by atomic mass is 16.7. The first kappa shape index (κ1) is 23.8. The lowest BCUT2D eigenvalue weighted by molar-refractivity contribution is -0.149. The largest absolute Gasteiger partial charge is 0.507 e. The van der Waals surface area contributed by atoms with E-state index in [2.05, 4.69) is 12.1 Å². The highest BCUT2D eigenvalue weighted by Gasteiger charge is 2.53. The summed E-state index contributed by atoms with van der Waals surface area (Å²) in [5.41, 5.74) is 5.60. The van der Waals surface area contributed by atoms with E-state index in [0.29, 0.717) is 29.2 Å². The highest BCUT2D eigenvalue weighted by molar-refractivity contribution is 5.68. The Kier molecular flexibility index (Phi) is 5.41. The van der Waals surface area contributed by atoms with E-state index in [1.54, 1.807) is 20.3 Å². The van der Waals surface area contributed by atoms with Gasteiger partial charge in [0.25, 0.3) is 5.79 Å². The van der Waals surface area contributed by atoms with Crippen molar-refractivity contribution in [2.45, 2.75) is 44.0 Å². The molecule has 198 valence electrons. The van der Waals surface area contributed by atoms with Crippen LogP contribution in [0.1, 0.15) is 58.2 Å². The van der Waals surface area contributed by atoms with Gasteiger partial charge in [0.1, 0.15) is 40.6 Å². The van der Waals surface area contributed by atoms with Crippen molar-refractivity contribution < 1.29 is 28.8 Å². The second-order valence-electron chi connectivity index (χ2n) is 10.4. The minimum Gasteiger partial charge on any atom is -0.507 e. The van der Waals surface area contributed by atoms with Crippen molar-refractivity contribution in [3.8, 4) is 34.5 Å². The normalized spacial score (nSPS) is 22.2. The van der Waals surface area contributed by atoms with E-state index in [4.69, 9.17) is 23.7 Å². The third kappa shape index (κ3) is 3.54. The standard InChI is InChI=1S/C33H30O6/c1-19-24(34)16-27-29(31(19)36-3)23-18-33(38-27,21-12-8-5-9-13-21)39-28-17-26(35-2)22-14-15-25(37-32(22)30(23)28)20-10-6-4-7-11-20/h4-13,16-17,23,25,34H,14-15,18H2,1-3H3/t23-,25+,33+/m1/s1. The summed E-state index contributed by atoms with van der Waals surface area (Å²) in [7, 11) is 3.32. The Labute approximate surface area is 227 Å². The van der Waals surface area contributed by atoms with Gasteiger partial charge in [0, 0.05) is 52.3 Å². The summed E-state index contributed by atoms with van der Waals surface area (Å²) in [6.45, 7) is 1.86. The first-order valence-electron chi connectivity index (χ1n) is 13.3. The molecule has 0 aliphatic carbocycles. The predicted octanol–water partition coefficient (Wildman–Crippen LogP) is 6.94. The van der Waals surface area contributed by atoms with Crippen molar-refractivity contribution in [1.29, 1.82) is 0 Å². The number of methoxy groups -OCH3 is 2. The average molecular weight is 523 g/mol. The zero-order valence-electron chi connectivity index (χ0n) is 22.2. The molecule has 7 rings (SSSR count). The zero-order chi connectivity index (χ0) is 26.7. The van der Waals surface area contributed by atoms with Crippen molar-refractivity contribution in [1.82, 2.24) is 0 Å². The maximum Gasteiger partial charge on any atom is 0.278 e. The van der Waals surface area contributed by atoms with Crippen LogP contribution in [0, 0.1) is 6.92 Å². The van der Waals surface area contributed by atoms with Crippen molar-refractivity contribution in [3.05, 3.63) is 106 Å². The van der Waals surface area contributed by atoms with Gasteiger partial charge < -0.3 is 28.8 Å². The Morgan fingerprint density at radius 2 is 1.56 bits per heavy atom. The van der Waals surface area contributed by atoms with E-state index in [1.165, 1.54) is 0 Å². The van der Waals surface area contributed by atoms with Crippen LogP contribution >= 0.6 is 0 Å². The van der Waals surface area contributed by atoms with Crippen LogP contribution in [0.5, 0.6) is 34.5 Å². The second-order valence-corrected chi connectivity index (χ2v) is 10.4. The van der Waals surface area contributed by atoms with Gasteiger partial charge in [-0.05, 0) is 25.3 Å². The molecule has 0 amide bonds. The lowest BCUT2D eigenvalue weighted by Crippen LogP contribution is -2.47. The molecule has 3 aliphatic rings. The fourth-order valence-electron chi connectivity index (χ4n) is 6.44. The Balaban J connectivity index is 1.49. The zero-order valence-corrected chi connectivity index (χ0v) is 22.2. The molecular weight excluding hydrogens is 492 g/mol. The van der Waals surface area contributed by atoms with Gasteiger partial charge in [-0.1, -0.05) is 60.7 Å². The Morgan fingerprint density at radius 1 is 0.872 bits per heavy atom. The van der Waals surface area contributed by atoms with E-state index in [9.17, 15) is 5.11 Å². The molecule has 3 aliphatic heterocycles. The minimum atomic E-state index is -1.09. The summed E-state index contributed by atoms with van der Waals surface area (Å²) >= 11 is 0. The topological polar surface area (TPSA) is 66.4 Å². The van der Waals surface area contributed by atoms with Crippen LogP contribution in [-0.4, -0.2) is 19.3 Å². The highest BCUT2D eigenvalue weighted by Crippen LogP contribution is 2.62. The Hall–Kier alpha value is -4.32. The van der Waals surface area contributed by atoms with Crippen LogP contribution < -0.4 is 23.7 Å². The lowest BCUT2D eigenvalue weighted by atomic mass is 9.76. The van der Waals surface area contributed by atoms with Crippen molar-refractivity contribution >= 4 is 0 Å². The predicted molar refractivity (Wildman–Crippen MR) is 146 cm³/mol. The molecule has 0 fully saturated rings. The third-order valence-corrected chi connectivity index (χ3v) is 8.29. The Bertz CT molecular complexity index is 1570. The van der Waals surface area contributed by atoms with Gasteiger partial charge in [0.05, 0.1) is 14.2 Å². The third-order valence-electron chi connectivity index (χ3n) is 8.29. The van der Waals surface area contributed by atoms with E-state index in [0.717, 1.165) is 52.2 Å². The number of hydrogen-bond acceptors (Lipinski definition) is 6. The molecule has 6 heteroatoms. The number of hydrogen-bond donors (Lipinski definition) is 1. The van der Waals surface area contributed by atoms with Crippen LogP contribution in [0.25, 0.3) is 0 Å². The molecular formula is C33H30O6. The van der Waals surface area contributed by atoms with Crippen LogP contribution in [0.15, 0.2) is 72.8 Å². The Morgan fingerprint density at radius 3 is 2.26 bits per heavy atom. The van der Waals surface area contributed by atoms with Gasteiger partial charge in [-0.3, -0.25) is 0 Å². The van der Waals surface area contributed by atoms with Crippen molar-refractivity contribution in [2.24, 2.45) is 0 Å². The molecule has 0 radical (unpaired) electrons. The number of phenolic OH excluding ortho intramolecular Hbond substituents is 1. The fourth-order valence-corrected chi connectivity index (χ4v) is 6.44. The van der Waals surface area contributed by atoms with Crippen LogP contribution in [0.3, 0.4) is 0 Å². The number of benzene rings is 4. The molecule has 6 nitrogen and oxygen atoms in total. The van der Waals surface area contributed by atoms with E-state index in [1.807, 2.05) is 61.5 Å². The van der Waals surface area contributed by atoms with Crippen LogP contribution in [0.4, 0.5) is 0 Å². The molecule has 0 spiro atoms. The smallest absolute Gasteiger partial charge is 0.278 e. The molecule has 0 saturated heterocycles. The van der Waals surface area contributed by atoms with Crippen LogP contribution in [0.2, 0.25) is 0 Å². The summed E-state index contributed by atoms with van der Waals surface area (Å²) in [6, 6.07) is 23.9. The summed E-state index contributed by atoms with van der Waals surface area (Å²) in [5, 5.41) is 10.8. The number of phenols is 1. The molecule has 4 aromatic carbocycles. The molecule has 0 aromatic heterocycles. The molecule has 0 unspecified atom stereocenters. The first-order chi connectivity index (χ1) is 19.0. The number of rotatable bonds is 4. The number of aromatic hydroxyl groups is 1. The van der Waals surface area contributed by atoms with Gasteiger partial charge >= 0.3 is 0 Å². The molecule has 3 atom stereocenters. The summed E-state index contributed by atoms with van der Waals surface area (Å²) in [4.78, 5) is 0. The molecule has 39 heavy (non-hydrogen) atoms. The van der Waals surface area contributed by atoms with Gasteiger partial charge in [0.15, 0.2) is 0 Å².